The fourth-order valence-electron chi connectivity index (χ4n) is 4.43. The third-order valence-corrected chi connectivity index (χ3v) is 5.97. The summed E-state index contributed by atoms with van der Waals surface area (Å²) in [6.45, 7) is 2.68. The molecular formula is C21H30IN5O2. The number of guanidine groups is 1. The van der Waals surface area contributed by atoms with Crippen LogP contribution in [0.5, 0.6) is 0 Å². The van der Waals surface area contributed by atoms with Crippen LogP contribution in [0.3, 0.4) is 0 Å². The number of aliphatic imine (C=N–C) groups is 1. The highest BCUT2D eigenvalue weighted by Gasteiger charge is 2.52. The van der Waals surface area contributed by atoms with Crippen molar-refractivity contribution in [2.45, 2.75) is 50.5 Å². The number of benzene rings is 1. The van der Waals surface area contributed by atoms with Crippen LogP contribution in [0, 0.1) is 0 Å². The van der Waals surface area contributed by atoms with E-state index in [0.29, 0.717) is 13.1 Å². The molecule has 158 valence electrons. The molecule has 7 nitrogen and oxygen atoms in total. The molecule has 1 saturated carbocycles. The summed E-state index contributed by atoms with van der Waals surface area (Å²) in [7, 11) is 0. The minimum absolute atomic E-state index is 0. The Morgan fingerprint density at radius 2 is 1.72 bits per heavy atom. The van der Waals surface area contributed by atoms with Gasteiger partial charge in [-0.15, -0.1) is 24.0 Å². The second-order valence-corrected chi connectivity index (χ2v) is 7.92. The number of nitrogens with zero attached hydrogens (tertiary/aromatic N) is 3. The average molecular weight is 511 g/mol. The number of carbonyl (C=O) groups is 2. The van der Waals surface area contributed by atoms with Gasteiger partial charge in [-0.1, -0.05) is 31.0 Å². The Morgan fingerprint density at radius 1 is 1.03 bits per heavy atom. The zero-order chi connectivity index (χ0) is 19.4. The Balaban J connectivity index is 0.00000240. The fraction of sp³-hybridized carbons (Fsp3) is 0.571. The molecule has 2 saturated heterocycles. The summed E-state index contributed by atoms with van der Waals surface area (Å²) >= 11 is 0. The summed E-state index contributed by atoms with van der Waals surface area (Å²) in [5.74, 6) is 0.759. The van der Waals surface area contributed by atoms with Gasteiger partial charge in [-0.05, 0) is 44.2 Å². The first-order chi connectivity index (χ1) is 13.7. The summed E-state index contributed by atoms with van der Waals surface area (Å²) in [5, 5.41) is 6.35. The second-order valence-electron chi connectivity index (χ2n) is 7.92. The molecular weight excluding hydrogens is 481 g/mol. The Labute approximate surface area is 189 Å². The highest BCUT2D eigenvalue weighted by molar-refractivity contribution is 14.0. The first-order valence-electron chi connectivity index (χ1n) is 10.4. The lowest BCUT2D eigenvalue weighted by Crippen LogP contribution is -2.44. The molecule has 0 aromatic heterocycles. The number of nitrogens with one attached hydrogen (secondary N) is 2. The number of rotatable bonds is 4. The lowest BCUT2D eigenvalue weighted by Gasteiger charge is -2.30. The highest BCUT2D eigenvalue weighted by Crippen LogP contribution is 2.34. The number of hydrogen-bond acceptors (Lipinski definition) is 3. The minimum atomic E-state index is -0.640. The summed E-state index contributed by atoms with van der Waals surface area (Å²) in [6.07, 6.45) is 7.07. The van der Waals surface area contributed by atoms with Crippen LogP contribution < -0.4 is 10.6 Å². The standard InChI is InChI=1S/C21H29N5O2.HI/c27-18-21(11-5-6-12-21)24-20(28)26(18)16-13-22-19(25-14-7-2-8-15-25)23-17-9-3-1-4-10-17;/h1,3-4,9-10H,2,5-8,11-16H2,(H,22,23)(H,24,28);1H. The van der Waals surface area contributed by atoms with Crippen molar-refractivity contribution in [3.05, 3.63) is 30.3 Å². The van der Waals surface area contributed by atoms with Crippen molar-refractivity contribution in [1.82, 2.24) is 15.1 Å². The van der Waals surface area contributed by atoms with Crippen LogP contribution in [0.15, 0.2) is 35.3 Å². The molecule has 0 bridgehead atoms. The van der Waals surface area contributed by atoms with Gasteiger partial charge >= 0.3 is 6.03 Å². The molecule has 2 heterocycles. The number of hydrogen-bond donors (Lipinski definition) is 2. The van der Waals surface area contributed by atoms with E-state index in [1.54, 1.807) is 0 Å². The molecule has 3 aliphatic rings. The molecule has 3 amide bonds. The van der Waals surface area contributed by atoms with E-state index in [-0.39, 0.29) is 35.9 Å². The molecule has 0 unspecified atom stereocenters. The number of carbonyl (C=O) groups excluding carboxylic acids is 2. The zero-order valence-corrected chi connectivity index (χ0v) is 19.1. The number of anilines is 1. The number of imide groups is 1. The van der Waals surface area contributed by atoms with Crippen molar-refractivity contribution < 1.29 is 9.59 Å². The molecule has 2 N–H and O–H groups in total. The first-order valence-corrected chi connectivity index (χ1v) is 10.4. The molecule has 29 heavy (non-hydrogen) atoms. The van der Waals surface area contributed by atoms with Crippen LogP contribution in [0.4, 0.5) is 10.5 Å². The molecule has 0 atom stereocenters. The maximum absolute atomic E-state index is 12.8. The lowest BCUT2D eigenvalue weighted by atomic mass is 9.98. The van der Waals surface area contributed by atoms with Crippen molar-refractivity contribution >= 4 is 47.6 Å². The fourth-order valence-corrected chi connectivity index (χ4v) is 4.43. The number of urea groups is 1. The quantitative estimate of drug-likeness (QED) is 0.281. The van der Waals surface area contributed by atoms with Gasteiger partial charge in [0.25, 0.3) is 5.91 Å². The zero-order valence-electron chi connectivity index (χ0n) is 16.7. The van der Waals surface area contributed by atoms with Crippen molar-refractivity contribution in [3.8, 4) is 0 Å². The summed E-state index contributed by atoms with van der Waals surface area (Å²) in [5.41, 5.74) is 0.352. The average Bonchev–Trinajstić information content (AvgIpc) is 3.29. The summed E-state index contributed by atoms with van der Waals surface area (Å²) in [4.78, 5) is 33.5. The van der Waals surface area contributed by atoms with Crippen molar-refractivity contribution in [2.75, 3.05) is 31.5 Å². The normalized spacial score (nSPS) is 21.3. The summed E-state index contributed by atoms with van der Waals surface area (Å²) in [6, 6.07) is 9.73. The number of likely N-dealkylation sites (tertiary alicyclic amines) is 1. The van der Waals surface area contributed by atoms with E-state index in [2.05, 4.69) is 15.5 Å². The third kappa shape index (κ3) is 4.84. The number of halogens is 1. The third-order valence-electron chi connectivity index (χ3n) is 5.97. The van der Waals surface area contributed by atoms with Gasteiger partial charge in [0, 0.05) is 18.8 Å². The molecule has 3 fully saturated rings. The lowest BCUT2D eigenvalue weighted by molar-refractivity contribution is -0.131. The van der Waals surface area contributed by atoms with E-state index in [1.165, 1.54) is 11.3 Å². The van der Waals surface area contributed by atoms with E-state index in [1.807, 2.05) is 30.3 Å². The van der Waals surface area contributed by atoms with Crippen LogP contribution in [0.1, 0.15) is 44.9 Å². The van der Waals surface area contributed by atoms with Gasteiger partial charge in [0.15, 0.2) is 5.96 Å². The topological polar surface area (TPSA) is 77.0 Å². The maximum Gasteiger partial charge on any atom is 0.325 e. The molecule has 8 heteroatoms. The predicted octanol–water partition coefficient (Wildman–Crippen LogP) is 3.42. The van der Waals surface area contributed by atoms with Gasteiger partial charge in [0.2, 0.25) is 0 Å². The van der Waals surface area contributed by atoms with Gasteiger partial charge in [-0.2, -0.15) is 0 Å². The molecule has 1 spiro atoms. The van der Waals surface area contributed by atoms with Gasteiger partial charge in [-0.25, -0.2) is 4.79 Å². The van der Waals surface area contributed by atoms with E-state index in [9.17, 15) is 9.59 Å². The Hall–Kier alpha value is -1.84. The number of amides is 3. The van der Waals surface area contributed by atoms with E-state index in [0.717, 1.165) is 63.3 Å². The van der Waals surface area contributed by atoms with Crippen LogP contribution >= 0.6 is 24.0 Å². The van der Waals surface area contributed by atoms with Gasteiger partial charge in [-0.3, -0.25) is 14.7 Å². The highest BCUT2D eigenvalue weighted by atomic mass is 127. The van der Waals surface area contributed by atoms with Gasteiger partial charge in [0.1, 0.15) is 5.54 Å². The second kappa shape index (κ2) is 9.77. The SMILES string of the molecule is I.O=C1NC2(CCCC2)C(=O)N1CCN=C(Nc1ccccc1)N1CCCCC1. The summed E-state index contributed by atoms with van der Waals surface area (Å²) < 4.78 is 0. The van der Waals surface area contributed by atoms with Gasteiger partial charge in [0.05, 0.1) is 13.1 Å². The molecule has 1 aliphatic carbocycles. The maximum atomic E-state index is 12.8. The Morgan fingerprint density at radius 3 is 2.41 bits per heavy atom. The van der Waals surface area contributed by atoms with Crippen molar-refractivity contribution in [3.63, 3.8) is 0 Å². The van der Waals surface area contributed by atoms with Crippen LogP contribution in [-0.2, 0) is 4.79 Å². The monoisotopic (exact) mass is 511 g/mol. The molecule has 1 aromatic rings. The largest absolute Gasteiger partial charge is 0.343 e. The molecule has 2 aliphatic heterocycles. The van der Waals surface area contributed by atoms with E-state index in [4.69, 9.17) is 4.99 Å². The van der Waals surface area contributed by atoms with Gasteiger partial charge < -0.3 is 15.5 Å². The smallest absolute Gasteiger partial charge is 0.325 e. The van der Waals surface area contributed by atoms with Crippen LogP contribution in [0.25, 0.3) is 0 Å². The van der Waals surface area contributed by atoms with E-state index >= 15 is 0 Å². The van der Waals surface area contributed by atoms with Crippen molar-refractivity contribution in [2.24, 2.45) is 4.99 Å². The Kier molecular flexibility index (Phi) is 7.37. The minimum Gasteiger partial charge on any atom is -0.343 e. The Bertz CT molecular complexity index is 743. The first kappa shape index (κ1) is 21.9. The van der Waals surface area contributed by atoms with Crippen LogP contribution in [0.2, 0.25) is 0 Å². The van der Waals surface area contributed by atoms with Crippen molar-refractivity contribution in [1.29, 1.82) is 0 Å². The number of para-hydroxylation sites is 1. The molecule has 4 rings (SSSR count). The number of piperidine rings is 1. The van der Waals surface area contributed by atoms with Crippen LogP contribution in [-0.4, -0.2) is 59.4 Å². The molecule has 0 radical (unpaired) electrons. The predicted molar refractivity (Wildman–Crippen MR) is 125 cm³/mol. The van der Waals surface area contributed by atoms with E-state index < -0.39 is 5.54 Å². The molecule has 1 aromatic carbocycles.